The van der Waals surface area contributed by atoms with Gasteiger partial charge in [0.25, 0.3) is 0 Å². The molecule has 2 heterocycles. The Labute approximate surface area is 145 Å². The smallest absolute Gasteiger partial charge is 0.166 e. The monoisotopic (exact) mass is 340 g/mol. The van der Waals surface area contributed by atoms with Crippen molar-refractivity contribution in [1.82, 2.24) is 19.5 Å². The minimum Gasteiger partial charge on any atom is -0.493 e. The summed E-state index contributed by atoms with van der Waals surface area (Å²) in [5, 5.41) is 3.25. The fraction of sp³-hybridized carbons (Fsp3) is 0.235. The number of nitrogen functional groups attached to an aromatic ring is 1. The fourth-order valence-electron chi connectivity index (χ4n) is 2.48. The van der Waals surface area contributed by atoms with Crippen LogP contribution in [0.5, 0.6) is 11.5 Å². The molecule has 8 heteroatoms. The highest BCUT2D eigenvalue weighted by Crippen LogP contribution is 2.28. The van der Waals surface area contributed by atoms with Gasteiger partial charge in [0.05, 0.1) is 14.2 Å². The predicted octanol–water partition coefficient (Wildman–Crippen LogP) is 1.92. The van der Waals surface area contributed by atoms with Crippen LogP contribution in [0.1, 0.15) is 5.56 Å². The lowest BCUT2D eigenvalue weighted by molar-refractivity contribution is 0.354. The Kier molecular flexibility index (Phi) is 4.98. The molecule has 0 spiro atoms. The largest absolute Gasteiger partial charge is 0.493 e. The van der Waals surface area contributed by atoms with E-state index < -0.39 is 0 Å². The van der Waals surface area contributed by atoms with Crippen LogP contribution in [-0.4, -0.2) is 40.3 Å². The minimum absolute atomic E-state index is 0.479. The van der Waals surface area contributed by atoms with Crippen molar-refractivity contribution in [3.05, 3.63) is 48.8 Å². The van der Waals surface area contributed by atoms with Gasteiger partial charge in [-0.25, -0.2) is 15.0 Å². The predicted molar refractivity (Wildman–Crippen MR) is 95.3 cm³/mol. The third kappa shape index (κ3) is 3.63. The number of anilines is 2. The number of nitrogens with two attached hydrogens (primary N) is 1. The Balaban J connectivity index is 1.68. The Morgan fingerprint density at radius 1 is 1.16 bits per heavy atom. The molecule has 3 rings (SSSR count). The molecular weight excluding hydrogens is 320 g/mol. The zero-order valence-corrected chi connectivity index (χ0v) is 14.1. The summed E-state index contributed by atoms with van der Waals surface area (Å²) in [6, 6.07) is 5.86. The number of ether oxygens (including phenoxy) is 2. The molecule has 0 radical (unpaired) electrons. The Hall–Kier alpha value is -3.29. The summed E-state index contributed by atoms with van der Waals surface area (Å²) < 4.78 is 12.3. The van der Waals surface area contributed by atoms with E-state index in [1.807, 2.05) is 18.2 Å². The van der Waals surface area contributed by atoms with E-state index in [9.17, 15) is 0 Å². The standard InChI is InChI=1S/C17H20N6O2/c1-24-13-4-3-12(9-14(13)25-2)5-6-20-16-15(18)17(22-10-21-16)23-8-7-19-11-23/h3-4,7-11H,5-6,18H2,1-2H3,(H,20,21,22). The number of hydrogen-bond donors (Lipinski definition) is 2. The van der Waals surface area contributed by atoms with Gasteiger partial charge in [0.15, 0.2) is 23.1 Å². The van der Waals surface area contributed by atoms with Crippen molar-refractivity contribution in [2.75, 3.05) is 31.8 Å². The topological polar surface area (TPSA) is 100 Å². The van der Waals surface area contributed by atoms with Gasteiger partial charge >= 0.3 is 0 Å². The molecular formula is C17H20N6O2. The van der Waals surface area contributed by atoms with Crippen molar-refractivity contribution in [2.24, 2.45) is 0 Å². The maximum atomic E-state index is 6.16. The average molecular weight is 340 g/mol. The van der Waals surface area contributed by atoms with E-state index in [0.717, 1.165) is 12.0 Å². The van der Waals surface area contributed by atoms with Crippen LogP contribution >= 0.6 is 0 Å². The van der Waals surface area contributed by atoms with Crippen LogP contribution in [0.3, 0.4) is 0 Å². The molecule has 3 N–H and O–H groups in total. The molecule has 0 bridgehead atoms. The summed E-state index contributed by atoms with van der Waals surface area (Å²) in [6.07, 6.45) is 7.36. The van der Waals surface area contributed by atoms with Crippen molar-refractivity contribution in [1.29, 1.82) is 0 Å². The van der Waals surface area contributed by atoms with Crippen LogP contribution in [0, 0.1) is 0 Å². The molecule has 0 atom stereocenters. The van der Waals surface area contributed by atoms with E-state index in [2.05, 4.69) is 20.3 Å². The van der Waals surface area contributed by atoms with Gasteiger partial charge in [-0.2, -0.15) is 0 Å². The van der Waals surface area contributed by atoms with E-state index in [0.29, 0.717) is 35.4 Å². The van der Waals surface area contributed by atoms with Gasteiger partial charge in [-0.3, -0.25) is 4.57 Å². The van der Waals surface area contributed by atoms with Crippen molar-refractivity contribution >= 4 is 11.5 Å². The average Bonchev–Trinajstić information content (AvgIpc) is 3.17. The number of benzene rings is 1. The van der Waals surface area contributed by atoms with Crippen LogP contribution in [0.15, 0.2) is 43.2 Å². The second-order valence-corrected chi connectivity index (χ2v) is 5.30. The van der Waals surface area contributed by atoms with Crippen LogP contribution in [0.2, 0.25) is 0 Å². The van der Waals surface area contributed by atoms with E-state index in [1.54, 1.807) is 37.5 Å². The molecule has 130 valence electrons. The lowest BCUT2D eigenvalue weighted by atomic mass is 10.1. The second kappa shape index (κ2) is 7.52. The molecule has 0 saturated carbocycles. The number of nitrogens with zero attached hydrogens (tertiary/aromatic N) is 4. The third-order valence-electron chi connectivity index (χ3n) is 3.77. The van der Waals surface area contributed by atoms with E-state index in [4.69, 9.17) is 15.2 Å². The van der Waals surface area contributed by atoms with Gasteiger partial charge in [-0.1, -0.05) is 6.07 Å². The van der Waals surface area contributed by atoms with E-state index in [-0.39, 0.29) is 0 Å². The molecule has 0 fully saturated rings. The highest BCUT2D eigenvalue weighted by molar-refractivity contribution is 5.69. The molecule has 3 aromatic rings. The molecule has 0 unspecified atom stereocenters. The summed E-state index contributed by atoms with van der Waals surface area (Å²) >= 11 is 0. The normalized spacial score (nSPS) is 10.5. The third-order valence-corrected chi connectivity index (χ3v) is 3.77. The molecule has 0 amide bonds. The number of rotatable bonds is 7. The molecule has 0 aliphatic carbocycles. The van der Waals surface area contributed by atoms with Crippen LogP contribution in [0.4, 0.5) is 11.5 Å². The molecule has 0 saturated heterocycles. The molecule has 0 aliphatic heterocycles. The molecule has 1 aromatic carbocycles. The first kappa shape index (κ1) is 16.6. The molecule has 2 aromatic heterocycles. The summed E-state index contributed by atoms with van der Waals surface area (Å²) in [7, 11) is 3.24. The van der Waals surface area contributed by atoms with Gasteiger partial charge in [-0.15, -0.1) is 0 Å². The number of nitrogens with one attached hydrogen (secondary N) is 1. The van der Waals surface area contributed by atoms with Gasteiger partial charge in [0.1, 0.15) is 18.3 Å². The van der Waals surface area contributed by atoms with Gasteiger partial charge in [0.2, 0.25) is 0 Å². The van der Waals surface area contributed by atoms with Gasteiger partial charge < -0.3 is 20.5 Å². The molecule has 8 nitrogen and oxygen atoms in total. The zero-order chi connectivity index (χ0) is 17.6. The Morgan fingerprint density at radius 3 is 2.72 bits per heavy atom. The van der Waals surface area contributed by atoms with E-state index >= 15 is 0 Å². The first-order valence-corrected chi connectivity index (χ1v) is 7.76. The number of imidazole rings is 1. The van der Waals surface area contributed by atoms with Crippen LogP contribution in [-0.2, 0) is 6.42 Å². The first-order chi connectivity index (χ1) is 12.2. The van der Waals surface area contributed by atoms with Gasteiger partial charge in [-0.05, 0) is 24.1 Å². The van der Waals surface area contributed by atoms with Crippen LogP contribution < -0.4 is 20.5 Å². The van der Waals surface area contributed by atoms with Crippen molar-refractivity contribution in [2.45, 2.75) is 6.42 Å². The van der Waals surface area contributed by atoms with Crippen molar-refractivity contribution in [3.8, 4) is 17.3 Å². The van der Waals surface area contributed by atoms with Crippen molar-refractivity contribution in [3.63, 3.8) is 0 Å². The number of aromatic nitrogens is 4. The van der Waals surface area contributed by atoms with Gasteiger partial charge in [0, 0.05) is 18.9 Å². The SMILES string of the molecule is COc1ccc(CCNc2ncnc(-n3ccnc3)c2N)cc1OC. The lowest BCUT2D eigenvalue weighted by Gasteiger charge is -2.12. The number of methoxy groups -OCH3 is 2. The second-order valence-electron chi connectivity index (χ2n) is 5.30. The highest BCUT2D eigenvalue weighted by atomic mass is 16.5. The number of hydrogen-bond acceptors (Lipinski definition) is 7. The Morgan fingerprint density at radius 2 is 2.00 bits per heavy atom. The summed E-state index contributed by atoms with van der Waals surface area (Å²) in [5.74, 6) is 2.62. The quantitative estimate of drug-likeness (QED) is 0.677. The van der Waals surface area contributed by atoms with Crippen LogP contribution in [0.25, 0.3) is 5.82 Å². The fourth-order valence-corrected chi connectivity index (χ4v) is 2.48. The first-order valence-electron chi connectivity index (χ1n) is 7.76. The lowest BCUT2D eigenvalue weighted by Crippen LogP contribution is -2.11. The summed E-state index contributed by atoms with van der Waals surface area (Å²) in [4.78, 5) is 12.4. The van der Waals surface area contributed by atoms with Crippen molar-refractivity contribution < 1.29 is 9.47 Å². The summed E-state index contributed by atoms with van der Waals surface area (Å²) in [6.45, 7) is 0.667. The molecule has 25 heavy (non-hydrogen) atoms. The Bertz CT molecular complexity index is 835. The highest BCUT2D eigenvalue weighted by Gasteiger charge is 2.09. The zero-order valence-electron chi connectivity index (χ0n) is 14.1. The minimum atomic E-state index is 0.479. The maximum absolute atomic E-state index is 6.16. The molecule has 0 aliphatic rings. The maximum Gasteiger partial charge on any atom is 0.166 e. The summed E-state index contributed by atoms with van der Waals surface area (Å²) in [5.41, 5.74) is 7.76. The van der Waals surface area contributed by atoms with E-state index in [1.165, 1.54) is 6.33 Å².